The van der Waals surface area contributed by atoms with Gasteiger partial charge in [0, 0.05) is 13.0 Å². The zero-order valence-electron chi connectivity index (χ0n) is 15.8. The van der Waals surface area contributed by atoms with E-state index in [1.165, 1.54) is 57.8 Å². The van der Waals surface area contributed by atoms with Crippen LogP contribution in [0.2, 0.25) is 0 Å². The lowest BCUT2D eigenvalue weighted by molar-refractivity contribution is -0.145. The molecule has 0 heterocycles. The van der Waals surface area contributed by atoms with Crippen LogP contribution in [0, 0.1) is 0 Å². The minimum atomic E-state index is -0.129. The van der Waals surface area contributed by atoms with E-state index in [-0.39, 0.29) is 12.7 Å². The SMILES string of the molecule is CCCCCCCCCCCCCC(=O)OCCN(C)COC=O. The van der Waals surface area contributed by atoms with Crippen LogP contribution < -0.4 is 0 Å². The summed E-state index contributed by atoms with van der Waals surface area (Å²) in [6.07, 6.45) is 14.5. The minimum absolute atomic E-state index is 0.129. The Kier molecular flexibility index (Phi) is 17.4. The zero-order valence-corrected chi connectivity index (χ0v) is 15.8. The molecule has 0 N–H and O–H groups in total. The second-order valence-corrected chi connectivity index (χ2v) is 6.48. The molecule has 0 bridgehead atoms. The van der Waals surface area contributed by atoms with Crippen molar-refractivity contribution in [3.8, 4) is 0 Å². The van der Waals surface area contributed by atoms with Gasteiger partial charge in [-0.1, -0.05) is 71.1 Å². The monoisotopic (exact) mass is 343 g/mol. The van der Waals surface area contributed by atoms with Crippen LogP contribution in [0.15, 0.2) is 0 Å². The number of unbranched alkanes of at least 4 members (excludes halogenated alkanes) is 10. The summed E-state index contributed by atoms with van der Waals surface area (Å²) in [4.78, 5) is 23.4. The molecule has 0 amide bonds. The van der Waals surface area contributed by atoms with Crippen LogP contribution in [-0.2, 0) is 19.1 Å². The Morgan fingerprint density at radius 2 is 1.46 bits per heavy atom. The molecule has 0 atom stereocenters. The molecule has 0 unspecified atom stereocenters. The van der Waals surface area contributed by atoms with Crippen molar-refractivity contribution in [1.29, 1.82) is 0 Å². The Balaban J connectivity index is 3.24. The largest absolute Gasteiger partial charge is 0.464 e. The first-order valence-corrected chi connectivity index (χ1v) is 9.60. The van der Waals surface area contributed by atoms with Gasteiger partial charge in [-0.25, -0.2) is 0 Å². The van der Waals surface area contributed by atoms with Crippen LogP contribution in [0.3, 0.4) is 0 Å². The van der Waals surface area contributed by atoms with Gasteiger partial charge in [0.2, 0.25) is 0 Å². The third-order valence-corrected chi connectivity index (χ3v) is 4.08. The van der Waals surface area contributed by atoms with Crippen molar-refractivity contribution < 1.29 is 19.1 Å². The quantitative estimate of drug-likeness (QED) is 0.161. The summed E-state index contributed by atoms with van der Waals surface area (Å²) in [6, 6.07) is 0. The van der Waals surface area contributed by atoms with Gasteiger partial charge in [0.1, 0.15) is 13.3 Å². The van der Waals surface area contributed by atoms with Crippen molar-refractivity contribution in [1.82, 2.24) is 4.90 Å². The van der Waals surface area contributed by atoms with E-state index < -0.39 is 0 Å². The lowest BCUT2D eigenvalue weighted by Crippen LogP contribution is -2.26. The Hall–Kier alpha value is -1.10. The van der Waals surface area contributed by atoms with E-state index >= 15 is 0 Å². The molecule has 0 fully saturated rings. The smallest absolute Gasteiger partial charge is 0.305 e. The molecule has 24 heavy (non-hydrogen) atoms. The van der Waals surface area contributed by atoms with Crippen molar-refractivity contribution in [2.24, 2.45) is 0 Å². The molecular formula is C19H37NO4. The highest BCUT2D eigenvalue weighted by Gasteiger charge is 2.04. The van der Waals surface area contributed by atoms with Crippen molar-refractivity contribution >= 4 is 12.4 Å². The molecular weight excluding hydrogens is 306 g/mol. The molecule has 0 aliphatic heterocycles. The predicted molar refractivity (Wildman–Crippen MR) is 96.7 cm³/mol. The molecule has 0 rings (SSSR count). The number of likely N-dealkylation sites (N-methyl/N-ethyl adjacent to an activating group) is 1. The predicted octanol–water partition coefficient (Wildman–Crippen LogP) is 4.29. The number of rotatable bonds is 18. The minimum Gasteiger partial charge on any atom is -0.464 e. The van der Waals surface area contributed by atoms with Crippen molar-refractivity contribution in [2.75, 3.05) is 26.9 Å². The van der Waals surface area contributed by atoms with E-state index in [4.69, 9.17) is 4.74 Å². The Bertz CT molecular complexity index is 297. The van der Waals surface area contributed by atoms with Gasteiger partial charge >= 0.3 is 5.97 Å². The van der Waals surface area contributed by atoms with Gasteiger partial charge in [0.25, 0.3) is 6.47 Å². The average Bonchev–Trinajstić information content (AvgIpc) is 2.57. The number of carbonyl (C=O) groups excluding carboxylic acids is 2. The summed E-state index contributed by atoms with van der Waals surface area (Å²) in [5.41, 5.74) is 0. The van der Waals surface area contributed by atoms with Gasteiger partial charge in [-0.2, -0.15) is 0 Å². The van der Waals surface area contributed by atoms with E-state index in [0.717, 1.165) is 12.8 Å². The van der Waals surface area contributed by atoms with Crippen LogP contribution in [0.5, 0.6) is 0 Å². The van der Waals surface area contributed by atoms with Gasteiger partial charge in [0.15, 0.2) is 0 Å². The van der Waals surface area contributed by atoms with E-state index in [1.54, 1.807) is 11.9 Å². The molecule has 0 aliphatic rings. The summed E-state index contributed by atoms with van der Waals surface area (Å²) in [5, 5.41) is 0. The standard InChI is InChI=1S/C19H37NO4/c1-3-4-5-6-7-8-9-10-11-12-13-14-19(22)24-16-15-20(2)17-23-18-21/h18H,3-17H2,1-2H3. The Morgan fingerprint density at radius 3 is 2.00 bits per heavy atom. The molecule has 0 saturated heterocycles. The first-order valence-electron chi connectivity index (χ1n) is 9.60. The fourth-order valence-electron chi connectivity index (χ4n) is 2.54. The van der Waals surface area contributed by atoms with Crippen molar-refractivity contribution in [3.05, 3.63) is 0 Å². The molecule has 0 radical (unpaired) electrons. The summed E-state index contributed by atoms with van der Waals surface area (Å²) in [7, 11) is 1.81. The Morgan fingerprint density at radius 1 is 0.917 bits per heavy atom. The lowest BCUT2D eigenvalue weighted by atomic mass is 10.1. The zero-order chi connectivity index (χ0) is 17.9. The number of ether oxygens (including phenoxy) is 2. The topological polar surface area (TPSA) is 55.8 Å². The molecule has 0 spiro atoms. The third-order valence-electron chi connectivity index (χ3n) is 4.08. The Labute approximate surface area is 148 Å². The summed E-state index contributed by atoms with van der Waals surface area (Å²) < 4.78 is 9.76. The maximum absolute atomic E-state index is 11.6. The fourth-order valence-corrected chi connectivity index (χ4v) is 2.54. The summed E-state index contributed by atoms with van der Waals surface area (Å²) in [6.45, 7) is 3.79. The van der Waals surface area contributed by atoms with E-state index in [0.29, 0.717) is 26.0 Å². The van der Waals surface area contributed by atoms with Gasteiger partial charge < -0.3 is 9.47 Å². The second kappa shape index (κ2) is 18.2. The van der Waals surface area contributed by atoms with Crippen molar-refractivity contribution in [3.63, 3.8) is 0 Å². The third kappa shape index (κ3) is 17.3. The van der Waals surface area contributed by atoms with E-state index in [9.17, 15) is 9.59 Å². The number of nitrogens with zero attached hydrogens (tertiary/aromatic N) is 1. The van der Waals surface area contributed by atoms with Crippen LogP contribution >= 0.6 is 0 Å². The number of hydrogen-bond donors (Lipinski definition) is 0. The van der Waals surface area contributed by atoms with Gasteiger partial charge in [-0.05, 0) is 13.5 Å². The number of carbonyl (C=O) groups is 2. The molecule has 0 aromatic carbocycles. The summed E-state index contributed by atoms with van der Waals surface area (Å²) >= 11 is 0. The van der Waals surface area contributed by atoms with Crippen LogP contribution in [0.25, 0.3) is 0 Å². The normalized spacial score (nSPS) is 10.8. The van der Waals surface area contributed by atoms with E-state index in [2.05, 4.69) is 11.7 Å². The van der Waals surface area contributed by atoms with Gasteiger partial charge in [-0.15, -0.1) is 0 Å². The average molecular weight is 344 g/mol. The van der Waals surface area contributed by atoms with Gasteiger partial charge in [-0.3, -0.25) is 14.5 Å². The number of hydrogen-bond acceptors (Lipinski definition) is 5. The summed E-state index contributed by atoms with van der Waals surface area (Å²) in [5.74, 6) is -0.129. The van der Waals surface area contributed by atoms with E-state index in [1.807, 2.05) is 0 Å². The molecule has 5 heteroatoms. The maximum Gasteiger partial charge on any atom is 0.305 e. The molecule has 5 nitrogen and oxygen atoms in total. The molecule has 0 aromatic heterocycles. The van der Waals surface area contributed by atoms with Crippen LogP contribution in [-0.4, -0.2) is 44.3 Å². The first kappa shape index (κ1) is 22.9. The molecule has 0 aromatic rings. The van der Waals surface area contributed by atoms with Gasteiger partial charge in [0.05, 0.1) is 0 Å². The lowest BCUT2D eigenvalue weighted by Gasteiger charge is -2.14. The molecule has 0 aliphatic carbocycles. The van der Waals surface area contributed by atoms with Crippen molar-refractivity contribution in [2.45, 2.75) is 84.0 Å². The maximum atomic E-state index is 11.6. The highest BCUT2D eigenvalue weighted by molar-refractivity contribution is 5.69. The fraction of sp³-hybridized carbons (Fsp3) is 0.895. The number of esters is 1. The molecule has 0 saturated carbocycles. The highest BCUT2D eigenvalue weighted by atomic mass is 16.5. The second-order valence-electron chi connectivity index (χ2n) is 6.48. The molecule has 142 valence electrons. The highest BCUT2D eigenvalue weighted by Crippen LogP contribution is 2.12. The first-order chi connectivity index (χ1) is 11.7. The van der Waals surface area contributed by atoms with Crippen LogP contribution in [0.4, 0.5) is 0 Å². The van der Waals surface area contributed by atoms with Crippen LogP contribution in [0.1, 0.15) is 84.0 Å².